The maximum absolute atomic E-state index is 12.5. The number of hydrogen-bond acceptors (Lipinski definition) is 9. The van der Waals surface area contributed by atoms with Gasteiger partial charge in [-0.2, -0.15) is 14.3 Å². The minimum Gasteiger partial charge on any atom is -0.381 e. The highest BCUT2D eigenvalue weighted by Crippen LogP contribution is 2.30. The van der Waals surface area contributed by atoms with Gasteiger partial charge in [0.25, 0.3) is 10.0 Å². The maximum Gasteiger partial charge on any atom is 0.256 e. The van der Waals surface area contributed by atoms with Crippen molar-refractivity contribution in [3.05, 3.63) is 60.4 Å². The number of nitrogens with one attached hydrogen (secondary N) is 2. The van der Waals surface area contributed by atoms with Crippen molar-refractivity contribution in [3.8, 4) is 23.2 Å². The molecule has 202 valence electrons. The highest BCUT2D eigenvalue weighted by molar-refractivity contribution is 7.90. The van der Waals surface area contributed by atoms with Crippen molar-refractivity contribution >= 4 is 27.3 Å². The first-order valence-corrected chi connectivity index (χ1v) is 14.5. The van der Waals surface area contributed by atoms with E-state index in [0.29, 0.717) is 35.9 Å². The lowest BCUT2D eigenvalue weighted by Crippen LogP contribution is -2.17. The quantitative estimate of drug-likeness (QED) is 0.297. The van der Waals surface area contributed by atoms with Crippen LogP contribution in [-0.4, -0.2) is 53.6 Å². The van der Waals surface area contributed by atoms with Crippen LogP contribution in [0.3, 0.4) is 0 Å². The molecule has 1 fully saturated rings. The van der Waals surface area contributed by atoms with E-state index < -0.39 is 10.0 Å². The van der Waals surface area contributed by atoms with Crippen molar-refractivity contribution in [2.24, 2.45) is 0 Å². The Balaban J connectivity index is 1.38. The molecule has 1 aliphatic rings. The summed E-state index contributed by atoms with van der Waals surface area (Å²) >= 11 is 0. The number of anilines is 3. The molecule has 0 aromatic carbocycles. The zero-order valence-corrected chi connectivity index (χ0v) is 23.1. The summed E-state index contributed by atoms with van der Waals surface area (Å²) in [4.78, 5) is 13.4. The Bertz CT molecular complexity index is 1640. The molecule has 1 aliphatic carbocycles. The van der Waals surface area contributed by atoms with Crippen LogP contribution >= 0.6 is 0 Å². The molecular formula is C27H31N9O2S. The largest absolute Gasteiger partial charge is 0.381 e. The van der Waals surface area contributed by atoms with Crippen molar-refractivity contribution in [1.82, 2.24) is 33.9 Å². The average Bonchev–Trinajstić information content (AvgIpc) is 3.47. The monoisotopic (exact) mass is 545 g/mol. The van der Waals surface area contributed by atoms with Gasteiger partial charge in [0.2, 0.25) is 0 Å². The molecule has 5 rings (SSSR count). The van der Waals surface area contributed by atoms with Crippen LogP contribution in [0.1, 0.15) is 64.1 Å². The molecule has 0 saturated heterocycles. The van der Waals surface area contributed by atoms with Gasteiger partial charge < -0.3 is 10.6 Å². The van der Waals surface area contributed by atoms with Gasteiger partial charge in [-0.3, -0.25) is 4.68 Å². The van der Waals surface area contributed by atoms with Crippen molar-refractivity contribution in [2.75, 3.05) is 10.6 Å². The van der Waals surface area contributed by atoms with E-state index in [1.807, 2.05) is 16.9 Å². The molecule has 12 heteroatoms. The molecule has 0 radical (unpaired) electrons. The van der Waals surface area contributed by atoms with E-state index in [-0.39, 0.29) is 17.3 Å². The third kappa shape index (κ3) is 6.09. The SMILES string of the molecule is CCC(C)Nc1cc(Nc2ccnc(-c3cnn(S(=O)(=O)C4CC4)c3)n2)ncc1C#Cc1cnn(C(C)C)c1. The second kappa shape index (κ2) is 10.9. The van der Waals surface area contributed by atoms with E-state index in [9.17, 15) is 8.42 Å². The molecule has 1 unspecified atom stereocenters. The molecule has 0 aliphatic heterocycles. The van der Waals surface area contributed by atoms with E-state index in [0.717, 1.165) is 27.3 Å². The normalized spacial score (nSPS) is 14.1. The minimum atomic E-state index is -3.46. The van der Waals surface area contributed by atoms with Gasteiger partial charge in [0, 0.05) is 36.7 Å². The zero-order valence-electron chi connectivity index (χ0n) is 22.3. The summed E-state index contributed by atoms with van der Waals surface area (Å²) in [5.41, 5.74) is 2.97. The molecule has 1 atom stereocenters. The Morgan fingerprint density at radius 1 is 1.05 bits per heavy atom. The van der Waals surface area contributed by atoms with E-state index in [1.165, 1.54) is 12.4 Å². The summed E-state index contributed by atoms with van der Waals surface area (Å²) in [6, 6.07) is 4.12. The van der Waals surface area contributed by atoms with Crippen LogP contribution in [0.15, 0.2) is 49.3 Å². The average molecular weight is 546 g/mol. The topological polar surface area (TPSA) is 133 Å². The van der Waals surface area contributed by atoms with Gasteiger partial charge >= 0.3 is 0 Å². The van der Waals surface area contributed by atoms with Gasteiger partial charge in [-0.1, -0.05) is 18.8 Å². The Labute approximate surface area is 228 Å². The molecule has 1 saturated carbocycles. The van der Waals surface area contributed by atoms with Gasteiger partial charge in [0.15, 0.2) is 5.82 Å². The Morgan fingerprint density at radius 2 is 1.87 bits per heavy atom. The van der Waals surface area contributed by atoms with Crippen LogP contribution < -0.4 is 10.6 Å². The lowest BCUT2D eigenvalue weighted by Gasteiger charge is -2.16. The smallest absolute Gasteiger partial charge is 0.256 e. The first-order chi connectivity index (χ1) is 18.7. The number of rotatable bonds is 9. The van der Waals surface area contributed by atoms with Crippen LogP contribution in [0.2, 0.25) is 0 Å². The van der Waals surface area contributed by atoms with E-state index in [4.69, 9.17) is 0 Å². The summed E-state index contributed by atoms with van der Waals surface area (Å²) in [6.07, 6.45) is 12.2. The Kier molecular flexibility index (Phi) is 7.34. The van der Waals surface area contributed by atoms with Gasteiger partial charge in [-0.05, 0) is 46.1 Å². The van der Waals surface area contributed by atoms with Crippen molar-refractivity contribution in [1.29, 1.82) is 0 Å². The first-order valence-electron chi connectivity index (χ1n) is 12.9. The second-order valence-electron chi connectivity index (χ2n) is 9.86. The first kappa shape index (κ1) is 26.4. The summed E-state index contributed by atoms with van der Waals surface area (Å²) in [7, 11) is -3.46. The third-order valence-electron chi connectivity index (χ3n) is 6.33. The molecule has 0 spiro atoms. The van der Waals surface area contributed by atoms with Crippen LogP contribution in [0.5, 0.6) is 0 Å². The third-order valence-corrected chi connectivity index (χ3v) is 8.36. The highest BCUT2D eigenvalue weighted by atomic mass is 32.2. The van der Waals surface area contributed by atoms with Gasteiger partial charge in [-0.15, -0.1) is 0 Å². The molecule has 0 bridgehead atoms. The fourth-order valence-electron chi connectivity index (χ4n) is 3.71. The minimum absolute atomic E-state index is 0.235. The summed E-state index contributed by atoms with van der Waals surface area (Å²) in [6.45, 7) is 8.37. The summed E-state index contributed by atoms with van der Waals surface area (Å²) in [5, 5.41) is 14.8. The molecule has 4 aromatic rings. The van der Waals surface area contributed by atoms with E-state index in [1.54, 1.807) is 24.7 Å². The van der Waals surface area contributed by atoms with E-state index >= 15 is 0 Å². The molecular weight excluding hydrogens is 514 g/mol. The molecule has 4 aromatic heterocycles. The predicted molar refractivity (Wildman–Crippen MR) is 150 cm³/mol. The Hall–Kier alpha value is -4.24. The summed E-state index contributed by atoms with van der Waals surface area (Å²) in [5.74, 6) is 7.85. The highest BCUT2D eigenvalue weighted by Gasteiger charge is 2.37. The standard InChI is InChI=1S/C27H31N9O2S/c1-5-19(4)32-24-12-26(29-14-21(24)7-6-20-13-30-35(16-20)18(2)3)33-25-10-11-28-27(34-25)22-15-31-36(17-22)39(37,38)23-8-9-23/h10-19,23H,5,8-9H2,1-4H3,(H2,28,29,32,33,34). The van der Waals surface area contributed by atoms with Crippen LogP contribution in [0, 0.1) is 11.8 Å². The fourth-order valence-corrected chi connectivity index (χ4v) is 5.19. The molecule has 2 N–H and O–H groups in total. The van der Waals surface area contributed by atoms with Gasteiger partial charge in [-0.25, -0.2) is 23.4 Å². The number of pyridine rings is 1. The van der Waals surface area contributed by atoms with Crippen LogP contribution in [0.4, 0.5) is 17.3 Å². The molecule has 39 heavy (non-hydrogen) atoms. The van der Waals surface area contributed by atoms with Gasteiger partial charge in [0.1, 0.15) is 11.6 Å². The van der Waals surface area contributed by atoms with E-state index in [2.05, 4.69) is 75.3 Å². The number of aromatic nitrogens is 7. The summed E-state index contributed by atoms with van der Waals surface area (Å²) < 4.78 is 27.9. The predicted octanol–water partition coefficient (Wildman–Crippen LogP) is 4.21. The van der Waals surface area contributed by atoms with Crippen LogP contribution in [0.25, 0.3) is 11.4 Å². The molecule has 11 nitrogen and oxygen atoms in total. The van der Waals surface area contributed by atoms with Crippen molar-refractivity contribution in [3.63, 3.8) is 0 Å². The molecule has 0 amide bonds. The number of nitrogens with zero attached hydrogens (tertiary/aromatic N) is 7. The lowest BCUT2D eigenvalue weighted by molar-refractivity contribution is 0.532. The zero-order chi connectivity index (χ0) is 27.6. The van der Waals surface area contributed by atoms with Gasteiger partial charge in [0.05, 0.1) is 46.2 Å². The number of hydrogen-bond donors (Lipinski definition) is 2. The fraction of sp³-hybridized carbons (Fsp3) is 0.370. The van der Waals surface area contributed by atoms with Crippen molar-refractivity contribution < 1.29 is 8.42 Å². The van der Waals surface area contributed by atoms with Crippen LogP contribution in [-0.2, 0) is 10.0 Å². The molecule has 4 heterocycles. The maximum atomic E-state index is 12.5. The Morgan fingerprint density at radius 3 is 2.59 bits per heavy atom. The van der Waals surface area contributed by atoms with Crippen molar-refractivity contribution in [2.45, 2.75) is 64.3 Å². The second-order valence-corrected chi connectivity index (χ2v) is 11.9. The lowest BCUT2D eigenvalue weighted by atomic mass is 10.1.